The third-order valence-electron chi connectivity index (χ3n) is 3.40. The van der Waals surface area contributed by atoms with E-state index in [4.69, 9.17) is 4.74 Å². The van der Waals surface area contributed by atoms with Crippen molar-refractivity contribution >= 4 is 15.9 Å². The van der Waals surface area contributed by atoms with Crippen LogP contribution >= 0.6 is 15.9 Å². The monoisotopic (exact) mass is 355 g/mol. The molecular weight excluding hydrogens is 326 g/mol. The number of unbranched alkanes of at least 4 members (excludes halogenated alkanes) is 2. The summed E-state index contributed by atoms with van der Waals surface area (Å²) in [6.45, 7) is 11.9. The molecule has 0 heterocycles. The lowest BCUT2D eigenvalue weighted by Gasteiger charge is -2.14. The number of ether oxygens (including phenoxy) is 1. The van der Waals surface area contributed by atoms with Gasteiger partial charge < -0.3 is 10.1 Å². The van der Waals surface area contributed by atoms with Gasteiger partial charge in [0, 0.05) is 4.47 Å². The van der Waals surface area contributed by atoms with Crippen LogP contribution in [0.2, 0.25) is 0 Å². The maximum Gasteiger partial charge on any atom is 0.122 e. The van der Waals surface area contributed by atoms with Crippen molar-refractivity contribution in [2.75, 3.05) is 19.7 Å². The Morgan fingerprint density at radius 2 is 1.86 bits per heavy atom. The van der Waals surface area contributed by atoms with Crippen molar-refractivity contribution in [3.05, 3.63) is 28.2 Å². The molecule has 1 N–H and O–H groups in total. The highest BCUT2D eigenvalue weighted by Gasteiger charge is 2.08. The van der Waals surface area contributed by atoms with Crippen molar-refractivity contribution in [2.45, 2.75) is 52.9 Å². The summed E-state index contributed by atoms with van der Waals surface area (Å²) in [5, 5.41) is 3.48. The summed E-state index contributed by atoms with van der Waals surface area (Å²) in [6, 6.07) is 6.29. The lowest BCUT2D eigenvalue weighted by molar-refractivity contribution is 0.300. The average Bonchev–Trinajstić information content (AvgIpc) is 2.42. The Labute approximate surface area is 138 Å². The normalized spacial score (nSPS) is 11.4. The van der Waals surface area contributed by atoms with Gasteiger partial charge in [0.05, 0.1) is 6.61 Å². The zero-order valence-electron chi connectivity index (χ0n) is 13.9. The van der Waals surface area contributed by atoms with E-state index >= 15 is 0 Å². The third-order valence-corrected chi connectivity index (χ3v) is 3.90. The highest BCUT2D eigenvalue weighted by atomic mass is 79.9. The number of halogens is 1. The van der Waals surface area contributed by atoms with Crippen LogP contribution in [0.3, 0.4) is 0 Å². The summed E-state index contributed by atoms with van der Waals surface area (Å²) in [5.74, 6) is 2.25. The first-order chi connectivity index (χ1) is 10.0. The Hall–Kier alpha value is -0.540. The molecule has 21 heavy (non-hydrogen) atoms. The Morgan fingerprint density at radius 1 is 1.10 bits per heavy atom. The Balaban J connectivity index is 2.21. The van der Waals surface area contributed by atoms with E-state index < -0.39 is 0 Å². The minimum absolute atomic E-state index is 0.484. The molecule has 0 aliphatic carbocycles. The molecule has 3 heteroatoms. The summed E-state index contributed by atoms with van der Waals surface area (Å²) in [5.41, 5.74) is 1.28. The molecule has 0 aromatic heterocycles. The van der Waals surface area contributed by atoms with Crippen LogP contribution in [0.1, 0.15) is 58.4 Å². The fourth-order valence-corrected chi connectivity index (χ4v) is 2.58. The molecule has 1 aromatic carbocycles. The molecule has 0 atom stereocenters. The van der Waals surface area contributed by atoms with Gasteiger partial charge in [-0.25, -0.2) is 0 Å². The second-order valence-electron chi connectivity index (χ2n) is 6.34. The van der Waals surface area contributed by atoms with Gasteiger partial charge in [-0.1, -0.05) is 43.6 Å². The summed E-state index contributed by atoms with van der Waals surface area (Å²) in [7, 11) is 0. The molecule has 0 fully saturated rings. The Bertz CT molecular complexity index is 404. The van der Waals surface area contributed by atoms with Gasteiger partial charge in [0.2, 0.25) is 0 Å². The van der Waals surface area contributed by atoms with Crippen molar-refractivity contribution in [1.29, 1.82) is 0 Å². The SMILES string of the molecule is CC(C)CNCCCCCOc1ccc(Br)cc1C(C)C. The second-order valence-corrected chi connectivity index (χ2v) is 7.26. The van der Waals surface area contributed by atoms with Gasteiger partial charge in [-0.2, -0.15) is 0 Å². The summed E-state index contributed by atoms with van der Waals surface area (Å²) in [6.07, 6.45) is 3.57. The van der Waals surface area contributed by atoms with Crippen LogP contribution in [0.5, 0.6) is 5.75 Å². The van der Waals surface area contributed by atoms with E-state index in [9.17, 15) is 0 Å². The summed E-state index contributed by atoms with van der Waals surface area (Å²) < 4.78 is 7.08. The van der Waals surface area contributed by atoms with Crippen molar-refractivity contribution in [3.63, 3.8) is 0 Å². The predicted octanol–water partition coefficient (Wildman–Crippen LogP) is 5.37. The molecule has 1 aromatic rings. The average molecular weight is 356 g/mol. The standard InChI is InChI=1S/C18H30BrNO/c1-14(2)13-20-10-6-5-7-11-21-18-9-8-16(19)12-17(18)15(3)4/h8-9,12,14-15,20H,5-7,10-11,13H2,1-4H3. The van der Waals surface area contributed by atoms with E-state index in [-0.39, 0.29) is 0 Å². The van der Waals surface area contributed by atoms with Gasteiger partial charge in [0.25, 0.3) is 0 Å². The van der Waals surface area contributed by atoms with Gasteiger partial charge >= 0.3 is 0 Å². The molecule has 0 amide bonds. The van der Waals surface area contributed by atoms with Crippen LogP contribution in [-0.4, -0.2) is 19.7 Å². The smallest absolute Gasteiger partial charge is 0.122 e. The topological polar surface area (TPSA) is 21.3 Å². The van der Waals surface area contributed by atoms with E-state index in [1.165, 1.54) is 18.4 Å². The number of hydrogen-bond donors (Lipinski definition) is 1. The van der Waals surface area contributed by atoms with Gasteiger partial charge in [0.1, 0.15) is 5.75 Å². The summed E-state index contributed by atoms with van der Waals surface area (Å²) in [4.78, 5) is 0. The van der Waals surface area contributed by atoms with E-state index in [0.717, 1.165) is 42.3 Å². The maximum absolute atomic E-state index is 5.96. The Kier molecular flexibility index (Phi) is 9.02. The van der Waals surface area contributed by atoms with Crippen LogP contribution in [-0.2, 0) is 0 Å². The first-order valence-corrected chi connectivity index (χ1v) is 8.93. The zero-order chi connectivity index (χ0) is 15.7. The lowest BCUT2D eigenvalue weighted by Crippen LogP contribution is -2.20. The van der Waals surface area contributed by atoms with Crippen LogP contribution < -0.4 is 10.1 Å². The Morgan fingerprint density at radius 3 is 2.52 bits per heavy atom. The van der Waals surface area contributed by atoms with Gasteiger partial charge in [-0.15, -0.1) is 0 Å². The molecule has 0 aliphatic heterocycles. The summed E-state index contributed by atoms with van der Waals surface area (Å²) >= 11 is 3.53. The van der Waals surface area contributed by atoms with Crippen molar-refractivity contribution in [1.82, 2.24) is 5.32 Å². The molecule has 0 aliphatic rings. The molecule has 0 spiro atoms. The highest BCUT2D eigenvalue weighted by Crippen LogP contribution is 2.29. The van der Waals surface area contributed by atoms with E-state index in [1.54, 1.807) is 0 Å². The van der Waals surface area contributed by atoms with E-state index in [1.807, 2.05) is 0 Å². The van der Waals surface area contributed by atoms with E-state index in [2.05, 4.69) is 67.1 Å². The zero-order valence-corrected chi connectivity index (χ0v) is 15.5. The van der Waals surface area contributed by atoms with Crippen LogP contribution in [0.25, 0.3) is 0 Å². The predicted molar refractivity (Wildman–Crippen MR) is 95.3 cm³/mol. The van der Waals surface area contributed by atoms with Crippen LogP contribution in [0.4, 0.5) is 0 Å². The van der Waals surface area contributed by atoms with E-state index in [0.29, 0.717) is 5.92 Å². The highest BCUT2D eigenvalue weighted by molar-refractivity contribution is 9.10. The number of hydrogen-bond acceptors (Lipinski definition) is 2. The quantitative estimate of drug-likeness (QED) is 0.569. The molecule has 0 saturated carbocycles. The van der Waals surface area contributed by atoms with Gasteiger partial charge in [0.15, 0.2) is 0 Å². The first-order valence-electron chi connectivity index (χ1n) is 8.13. The van der Waals surface area contributed by atoms with Gasteiger partial charge in [-0.05, 0) is 68.0 Å². The molecule has 0 unspecified atom stereocenters. The van der Waals surface area contributed by atoms with Crippen LogP contribution in [0.15, 0.2) is 22.7 Å². The fraction of sp³-hybridized carbons (Fsp3) is 0.667. The molecule has 1 rings (SSSR count). The van der Waals surface area contributed by atoms with Gasteiger partial charge in [-0.3, -0.25) is 0 Å². The van der Waals surface area contributed by atoms with Crippen molar-refractivity contribution < 1.29 is 4.74 Å². The van der Waals surface area contributed by atoms with Crippen molar-refractivity contribution in [3.8, 4) is 5.75 Å². The lowest BCUT2D eigenvalue weighted by atomic mass is 10.0. The minimum Gasteiger partial charge on any atom is -0.493 e. The minimum atomic E-state index is 0.484. The number of benzene rings is 1. The number of nitrogens with one attached hydrogen (secondary N) is 1. The molecule has 120 valence electrons. The fourth-order valence-electron chi connectivity index (χ4n) is 2.20. The molecule has 0 radical (unpaired) electrons. The third kappa shape index (κ3) is 7.87. The molecule has 0 bridgehead atoms. The van der Waals surface area contributed by atoms with Crippen LogP contribution in [0, 0.1) is 5.92 Å². The molecular formula is C18H30BrNO. The van der Waals surface area contributed by atoms with Crippen molar-refractivity contribution in [2.24, 2.45) is 5.92 Å². The molecule has 0 saturated heterocycles. The maximum atomic E-state index is 5.96. The first kappa shape index (κ1) is 18.5. The second kappa shape index (κ2) is 10.2. The molecule has 2 nitrogen and oxygen atoms in total. The number of rotatable bonds is 10. The largest absolute Gasteiger partial charge is 0.493 e.